The fraction of sp³-hybridized carbons (Fsp3) is 0.231. The maximum Gasteiger partial charge on any atom is 0.417 e. The summed E-state index contributed by atoms with van der Waals surface area (Å²) in [5, 5.41) is 17.3. The van der Waals surface area contributed by atoms with Crippen molar-refractivity contribution in [1.29, 1.82) is 0 Å². The van der Waals surface area contributed by atoms with Crippen LogP contribution in [0.3, 0.4) is 0 Å². The number of alkyl halides is 3. The first kappa shape index (κ1) is 18.5. The monoisotopic (exact) mass is 423 g/mol. The lowest BCUT2D eigenvalue weighted by Gasteiger charge is -2.09. The van der Waals surface area contributed by atoms with E-state index in [1.54, 1.807) is 0 Å². The van der Waals surface area contributed by atoms with Gasteiger partial charge in [-0.25, -0.2) is 0 Å². The summed E-state index contributed by atoms with van der Waals surface area (Å²) in [4.78, 5) is 22.1. The van der Waals surface area contributed by atoms with Crippen LogP contribution in [0.2, 0.25) is 0 Å². The number of amidine groups is 1. The number of nitrogens with one attached hydrogen (secondary N) is 1. The number of rotatable bonds is 4. The predicted molar refractivity (Wildman–Crippen MR) is 85.9 cm³/mol. The van der Waals surface area contributed by atoms with Gasteiger partial charge < -0.3 is 10.4 Å². The summed E-state index contributed by atoms with van der Waals surface area (Å²) in [6, 6.07) is 3.41. The van der Waals surface area contributed by atoms with Gasteiger partial charge in [-0.1, -0.05) is 27.7 Å². The molecule has 1 aliphatic heterocycles. The van der Waals surface area contributed by atoms with Gasteiger partial charge in [0.15, 0.2) is 5.17 Å². The van der Waals surface area contributed by atoms with Crippen LogP contribution in [0.25, 0.3) is 0 Å². The summed E-state index contributed by atoms with van der Waals surface area (Å²) in [5.74, 6) is -1.67. The SMILES string of the molecule is O=C(O)CC1SC(=NN=Cc2cc(Br)ccc2C(F)(F)F)NC1=O. The second kappa shape index (κ2) is 7.34. The summed E-state index contributed by atoms with van der Waals surface area (Å²) in [6.07, 6.45) is -4.01. The van der Waals surface area contributed by atoms with Crippen molar-refractivity contribution in [2.45, 2.75) is 17.8 Å². The van der Waals surface area contributed by atoms with Crippen molar-refractivity contribution in [1.82, 2.24) is 5.32 Å². The van der Waals surface area contributed by atoms with E-state index in [-0.39, 0.29) is 17.2 Å². The fourth-order valence-electron chi connectivity index (χ4n) is 1.79. The van der Waals surface area contributed by atoms with E-state index in [1.807, 2.05) is 0 Å². The molecule has 11 heteroatoms. The van der Waals surface area contributed by atoms with E-state index in [9.17, 15) is 22.8 Å². The van der Waals surface area contributed by atoms with Crippen molar-refractivity contribution in [3.05, 3.63) is 33.8 Å². The molecule has 0 radical (unpaired) electrons. The van der Waals surface area contributed by atoms with E-state index in [2.05, 4.69) is 31.4 Å². The maximum absolute atomic E-state index is 12.9. The molecule has 6 nitrogen and oxygen atoms in total. The van der Waals surface area contributed by atoms with Crippen LogP contribution < -0.4 is 5.32 Å². The molecule has 2 rings (SSSR count). The number of carbonyl (C=O) groups is 2. The number of thioether (sulfide) groups is 1. The Kier molecular flexibility index (Phi) is 5.65. The van der Waals surface area contributed by atoms with Gasteiger partial charge in [0.1, 0.15) is 5.25 Å². The lowest BCUT2D eigenvalue weighted by molar-refractivity contribution is -0.138. The average molecular weight is 424 g/mol. The molecule has 1 aromatic carbocycles. The molecular formula is C13H9BrF3N3O3S. The van der Waals surface area contributed by atoms with Gasteiger partial charge in [0.2, 0.25) is 5.91 Å². The normalized spacial score (nSPS) is 19.9. The van der Waals surface area contributed by atoms with Crippen LogP contribution in [0.1, 0.15) is 17.5 Å². The molecule has 24 heavy (non-hydrogen) atoms. The van der Waals surface area contributed by atoms with E-state index in [0.29, 0.717) is 4.47 Å². The van der Waals surface area contributed by atoms with E-state index in [1.165, 1.54) is 12.1 Å². The molecule has 1 atom stereocenters. The zero-order valence-corrected chi connectivity index (χ0v) is 14.1. The smallest absolute Gasteiger partial charge is 0.417 e. The van der Waals surface area contributed by atoms with Crippen LogP contribution in [-0.4, -0.2) is 33.6 Å². The van der Waals surface area contributed by atoms with Gasteiger partial charge in [-0.05, 0) is 18.2 Å². The lowest BCUT2D eigenvalue weighted by Crippen LogP contribution is -2.26. The minimum Gasteiger partial charge on any atom is -0.481 e. The fourth-order valence-corrected chi connectivity index (χ4v) is 3.08. The molecule has 1 aliphatic rings. The van der Waals surface area contributed by atoms with E-state index < -0.39 is 28.9 Å². The van der Waals surface area contributed by atoms with Crippen LogP contribution in [0, 0.1) is 0 Å². The second-order valence-corrected chi connectivity index (χ2v) is 6.68. The molecular weight excluding hydrogens is 415 g/mol. The van der Waals surface area contributed by atoms with Gasteiger partial charge >= 0.3 is 12.1 Å². The highest BCUT2D eigenvalue weighted by Crippen LogP contribution is 2.32. The highest BCUT2D eigenvalue weighted by molar-refractivity contribution is 9.10. The Bertz CT molecular complexity index is 737. The second-order valence-electron chi connectivity index (χ2n) is 4.57. The van der Waals surface area contributed by atoms with Crippen LogP contribution in [0.15, 0.2) is 32.9 Å². The van der Waals surface area contributed by atoms with Crippen LogP contribution in [-0.2, 0) is 15.8 Å². The molecule has 1 unspecified atom stereocenters. The van der Waals surface area contributed by atoms with Gasteiger partial charge in [0.25, 0.3) is 0 Å². The largest absolute Gasteiger partial charge is 0.481 e. The van der Waals surface area contributed by atoms with Crippen molar-refractivity contribution < 1.29 is 27.9 Å². The average Bonchev–Trinajstić information content (AvgIpc) is 2.77. The summed E-state index contributed by atoms with van der Waals surface area (Å²) >= 11 is 3.94. The number of hydrogen-bond donors (Lipinski definition) is 2. The van der Waals surface area contributed by atoms with E-state index >= 15 is 0 Å². The predicted octanol–water partition coefficient (Wildman–Crippen LogP) is 2.86. The van der Waals surface area contributed by atoms with E-state index in [0.717, 1.165) is 24.0 Å². The molecule has 0 aromatic heterocycles. The summed E-state index contributed by atoms with van der Waals surface area (Å²) in [6.45, 7) is 0. The number of amides is 1. The highest BCUT2D eigenvalue weighted by Gasteiger charge is 2.33. The standard InChI is InChI=1S/C13H9BrF3N3O3S/c14-7-1-2-8(13(15,16)17)6(3-7)5-18-20-12-19-11(23)9(24-12)4-10(21)22/h1-3,5,9H,4H2,(H,21,22)(H,19,20,23). The number of hydrogen-bond acceptors (Lipinski definition) is 5. The highest BCUT2D eigenvalue weighted by atomic mass is 79.9. The number of carboxylic acid groups (broad SMARTS) is 1. The third-order valence-electron chi connectivity index (χ3n) is 2.80. The number of nitrogens with zero attached hydrogens (tertiary/aromatic N) is 2. The zero-order valence-electron chi connectivity index (χ0n) is 11.7. The van der Waals surface area contributed by atoms with Crippen LogP contribution in [0.4, 0.5) is 13.2 Å². The van der Waals surface area contributed by atoms with Crippen LogP contribution in [0.5, 0.6) is 0 Å². The van der Waals surface area contributed by atoms with Crippen molar-refractivity contribution in [3.8, 4) is 0 Å². The van der Waals surface area contributed by atoms with Crippen molar-refractivity contribution in [2.24, 2.45) is 10.2 Å². The Morgan fingerprint density at radius 3 is 2.79 bits per heavy atom. The maximum atomic E-state index is 12.9. The third-order valence-corrected chi connectivity index (χ3v) is 4.37. The van der Waals surface area contributed by atoms with Gasteiger partial charge in [0, 0.05) is 10.0 Å². The molecule has 0 bridgehead atoms. The first-order valence-electron chi connectivity index (χ1n) is 6.34. The van der Waals surface area contributed by atoms with Crippen molar-refractivity contribution in [3.63, 3.8) is 0 Å². The number of carboxylic acids is 1. The topological polar surface area (TPSA) is 91.1 Å². The first-order valence-corrected chi connectivity index (χ1v) is 8.01. The summed E-state index contributed by atoms with van der Waals surface area (Å²) in [5.41, 5.74) is -1.07. The Morgan fingerprint density at radius 2 is 2.17 bits per heavy atom. The molecule has 1 amide bonds. The number of carbonyl (C=O) groups excluding carboxylic acids is 1. The summed E-state index contributed by atoms with van der Waals surface area (Å²) in [7, 11) is 0. The molecule has 1 heterocycles. The van der Waals surface area contributed by atoms with Crippen molar-refractivity contribution in [2.75, 3.05) is 0 Å². The Hall–Kier alpha value is -1.88. The van der Waals surface area contributed by atoms with Gasteiger partial charge in [0.05, 0.1) is 18.2 Å². The molecule has 0 aliphatic carbocycles. The Labute approximate surface area is 146 Å². The van der Waals surface area contributed by atoms with Gasteiger partial charge in [-0.15, -0.1) is 5.10 Å². The van der Waals surface area contributed by atoms with Crippen molar-refractivity contribution >= 4 is 51.0 Å². The quantitative estimate of drug-likeness (QED) is 0.575. The number of benzene rings is 1. The molecule has 0 spiro atoms. The van der Waals surface area contributed by atoms with E-state index in [4.69, 9.17) is 5.11 Å². The first-order chi connectivity index (χ1) is 11.2. The molecule has 1 fully saturated rings. The molecule has 2 N–H and O–H groups in total. The lowest BCUT2D eigenvalue weighted by atomic mass is 10.1. The molecule has 0 saturated carbocycles. The number of aliphatic carboxylic acids is 1. The molecule has 1 aromatic rings. The van der Waals surface area contributed by atoms with Gasteiger partial charge in [-0.3, -0.25) is 9.59 Å². The minimum atomic E-state index is -4.54. The third kappa shape index (κ3) is 4.81. The minimum absolute atomic E-state index is 0.0334. The Morgan fingerprint density at radius 1 is 1.46 bits per heavy atom. The molecule has 128 valence electrons. The Balaban J connectivity index is 2.16. The number of halogens is 4. The van der Waals surface area contributed by atoms with Crippen LogP contribution >= 0.6 is 27.7 Å². The molecule has 1 saturated heterocycles. The summed E-state index contributed by atoms with van der Waals surface area (Å²) < 4.78 is 39.1. The zero-order chi connectivity index (χ0) is 17.9. The van der Waals surface area contributed by atoms with Gasteiger partial charge in [-0.2, -0.15) is 18.3 Å².